The van der Waals surface area contributed by atoms with Crippen LogP contribution in [0.3, 0.4) is 0 Å². The van der Waals surface area contributed by atoms with Gasteiger partial charge in [-0.05, 0) is 45.0 Å². The van der Waals surface area contributed by atoms with Gasteiger partial charge in [-0.1, -0.05) is 0 Å². The van der Waals surface area contributed by atoms with Crippen molar-refractivity contribution in [2.75, 3.05) is 0 Å². The molecule has 0 bridgehead atoms. The van der Waals surface area contributed by atoms with E-state index in [9.17, 15) is 9.90 Å². The SMILES string of the molecule is Cc1ncc(C(=O)O)c(-c2ccc(OC(C)C)cc2)n1. The van der Waals surface area contributed by atoms with E-state index >= 15 is 0 Å². The van der Waals surface area contributed by atoms with Crippen LogP contribution in [0.1, 0.15) is 30.0 Å². The first-order chi connectivity index (χ1) is 9.47. The molecular weight excluding hydrogens is 256 g/mol. The highest BCUT2D eigenvalue weighted by Crippen LogP contribution is 2.24. The maximum absolute atomic E-state index is 11.2. The van der Waals surface area contributed by atoms with Gasteiger partial charge in [-0.3, -0.25) is 0 Å². The predicted molar refractivity (Wildman–Crippen MR) is 74.9 cm³/mol. The largest absolute Gasteiger partial charge is 0.491 e. The second-order valence-corrected chi connectivity index (χ2v) is 4.68. The minimum atomic E-state index is -1.04. The molecule has 0 aliphatic carbocycles. The lowest BCUT2D eigenvalue weighted by Gasteiger charge is -2.10. The zero-order valence-corrected chi connectivity index (χ0v) is 11.6. The van der Waals surface area contributed by atoms with E-state index in [0.717, 1.165) is 11.3 Å². The third-order valence-corrected chi connectivity index (χ3v) is 2.64. The number of hydrogen-bond donors (Lipinski definition) is 1. The van der Waals surface area contributed by atoms with Crippen molar-refractivity contribution in [2.24, 2.45) is 0 Å². The summed E-state index contributed by atoms with van der Waals surface area (Å²) in [6, 6.07) is 7.20. The number of rotatable bonds is 4. The molecule has 0 unspecified atom stereocenters. The molecular formula is C15H16N2O3. The molecule has 1 aromatic heterocycles. The molecule has 2 rings (SSSR count). The Kier molecular flexibility index (Phi) is 3.98. The molecule has 0 amide bonds. The second kappa shape index (κ2) is 5.69. The molecule has 0 spiro atoms. The van der Waals surface area contributed by atoms with Gasteiger partial charge in [-0.15, -0.1) is 0 Å². The van der Waals surface area contributed by atoms with Crippen LogP contribution < -0.4 is 4.74 Å². The number of aromatic carboxylic acids is 1. The first kappa shape index (κ1) is 14.0. The van der Waals surface area contributed by atoms with Crippen LogP contribution in [-0.2, 0) is 0 Å². The van der Waals surface area contributed by atoms with Crippen LogP contribution in [0.2, 0.25) is 0 Å². The summed E-state index contributed by atoms with van der Waals surface area (Å²) in [6.07, 6.45) is 1.43. The van der Waals surface area contributed by atoms with Gasteiger partial charge in [0.1, 0.15) is 17.1 Å². The van der Waals surface area contributed by atoms with E-state index in [1.54, 1.807) is 31.2 Å². The van der Waals surface area contributed by atoms with E-state index in [2.05, 4.69) is 9.97 Å². The maximum atomic E-state index is 11.2. The average Bonchev–Trinajstić information content (AvgIpc) is 2.38. The summed E-state index contributed by atoms with van der Waals surface area (Å²) in [7, 11) is 0. The Morgan fingerprint density at radius 2 is 1.90 bits per heavy atom. The van der Waals surface area contributed by atoms with E-state index in [1.807, 2.05) is 13.8 Å². The molecule has 0 saturated carbocycles. The van der Waals surface area contributed by atoms with Gasteiger partial charge in [-0.2, -0.15) is 0 Å². The Balaban J connectivity index is 2.41. The Hall–Kier alpha value is -2.43. The summed E-state index contributed by atoms with van der Waals surface area (Å²) in [5.74, 6) is 0.237. The predicted octanol–water partition coefficient (Wildman–Crippen LogP) is 2.94. The monoisotopic (exact) mass is 272 g/mol. The summed E-state index contributed by atoms with van der Waals surface area (Å²) < 4.78 is 5.56. The van der Waals surface area contributed by atoms with Crippen LogP contribution >= 0.6 is 0 Å². The van der Waals surface area contributed by atoms with E-state index in [0.29, 0.717) is 11.5 Å². The number of carboxylic acids is 1. The zero-order valence-electron chi connectivity index (χ0n) is 11.6. The van der Waals surface area contributed by atoms with Crippen molar-refractivity contribution in [1.82, 2.24) is 9.97 Å². The quantitative estimate of drug-likeness (QED) is 0.926. The fraction of sp³-hybridized carbons (Fsp3) is 0.267. The molecule has 1 aromatic carbocycles. The van der Waals surface area contributed by atoms with Gasteiger partial charge in [0.25, 0.3) is 0 Å². The number of benzene rings is 1. The molecule has 0 saturated heterocycles. The normalized spacial score (nSPS) is 10.6. The van der Waals surface area contributed by atoms with Gasteiger partial charge in [0.2, 0.25) is 0 Å². The van der Waals surface area contributed by atoms with Gasteiger partial charge in [-0.25, -0.2) is 14.8 Å². The van der Waals surface area contributed by atoms with Crippen LogP contribution in [0, 0.1) is 6.92 Å². The highest BCUT2D eigenvalue weighted by molar-refractivity contribution is 5.94. The summed E-state index contributed by atoms with van der Waals surface area (Å²) >= 11 is 0. The van der Waals surface area contributed by atoms with Crippen LogP contribution in [0.5, 0.6) is 5.75 Å². The number of nitrogens with zero attached hydrogens (tertiary/aromatic N) is 2. The molecule has 20 heavy (non-hydrogen) atoms. The molecule has 2 aromatic rings. The first-order valence-corrected chi connectivity index (χ1v) is 6.31. The fourth-order valence-electron chi connectivity index (χ4n) is 1.81. The standard InChI is InChI=1S/C15H16N2O3/c1-9(2)20-12-6-4-11(5-7-12)14-13(15(18)19)8-16-10(3)17-14/h4-9H,1-3H3,(H,18,19). The Labute approximate surface area is 117 Å². The highest BCUT2D eigenvalue weighted by Gasteiger charge is 2.14. The van der Waals surface area contributed by atoms with Gasteiger partial charge in [0.05, 0.1) is 11.8 Å². The number of hydrogen-bond acceptors (Lipinski definition) is 4. The van der Waals surface area contributed by atoms with Crippen LogP contribution in [0.4, 0.5) is 0 Å². The third kappa shape index (κ3) is 3.12. The highest BCUT2D eigenvalue weighted by atomic mass is 16.5. The molecule has 5 heteroatoms. The second-order valence-electron chi connectivity index (χ2n) is 4.68. The molecule has 0 radical (unpaired) electrons. The number of ether oxygens (including phenoxy) is 1. The van der Waals surface area contributed by atoms with Crippen molar-refractivity contribution in [3.8, 4) is 17.0 Å². The lowest BCUT2D eigenvalue weighted by Crippen LogP contribution is -2.06. The lowest BCUT2D eigenvalue weighted by atomic mass is 10.1. The van der Waals surface area contributed by atoms with Gasteiger partial charge in [0, 0.05) is 11.8 Å². The molecule has 0 fully saturated rings. The Morgan fingerprint density at radius 3 is 2.45 bits per heavy atom. The Bertz CT molecular complexity index is 622. The summed E-state index contributed by atoms with van der Waals surface area (Å²) in [4.78, 5) is 19.4. The summed E-state index contributed by atoms with van der Waals surface area (Å²) in [6.45, 7) is 5.62. The van der Waals surface area contributed by atoms with Gasteiger partial charge >= 0.3 is 5.97 Å². The van der Waals surface area contributed by atoms with E-state index in [1.165, 1.54) is 6.20 Å². The summed E-state index contributed by atoms with van der Waals surface area (Å²) in [5, 5.41) is 9.19. The summed E-state index contributed by atoms with van der Waals surface area (Å²) in [5.41, 5.74) is 1.23. The first-order valence-electron chi connectivity index (χ1n) is 6.31. The molecule has 1 heterocycles. The maximum Gasteiger partial charge on any atom is 0.339 e. The third-order valence-electron chi connectivity index (χ3n) is 2.64. The average molecular weight is 272 g/mol. The molecule has 0 aliphatic rings. The van der Waals surface area contributed by atoms with E-state index in [4.69, 9.17) is 4.74 Å². The lowest BCUT2D eigenvalue weighted by molar-refractivity contribution is 0.0697. The van der Waals surface area contributed by atoms with Crippen molar-refractivity contribution in [2.45, 2.75) is 26.9 Å². The Morgan fingerprint density at radius 1 is 1.25 bits per heavy atom. The van der Waals surface area contributed by atoms with Gasteiger partial charge in [0.15, 0.2) is 0 Å². The number of carbonyl (C=O) groups is 1. The molecule has 1 N–H and O–H groups in total. The van der Waals surface area contributed by atoms with Crippen molar-refractivity contribution >= 4 is 5.97 Å². The molecule has 5 nitrogen and oxygen atoms in total. The van der Waals surface area contributed by atoms with Gasteiger partial charge < -0.3 is 9.84 Å². The van der Waals surface area contributed by atoms with Crippen LogP contribution in [0.25, 0.3) is 11.3 Å². The van der Waals surface area contributed by atoms with Crippen molar-refractivity contribution in [3.63, 3.8) is 0 Å². The van der Waals surface area contributed by atoms with Crippen molar-refractivity contribution in [3.05, 3.63) is 41.9 Å². The number of aromatic nitrogens is 2. The minimum Gasteiger partial charge on any atom is -0.491 e. The molecule has 0 atom stereocenters. The smallest absolute Gasteiger partial charge is 0.339 e. The van der Waals surface area contributed by atoms with Crippen LogP contribution in [-0.4, -0.2) is 27.1 Å². The zero-order chi connectivity index (χ0) is 14.7. The fourth-order valence-corrected chi connectivity index (χ4v) is 1.81. The van der Waals surface area contributed by atoms with E-state index in [-0.39, 0.29) is 11.7 Å². The van der Waals surface area contributed by atoms with Crippen molar-refractivity contribution in [1.29, 1.82) is 0 Å². The van der Waals surface area contributed by atoms with Crippen molar-refractivity contribution < 1.29 is 14.6 Å². The van der Waals surface area contributed by atoms with E-state index < -0.39 is 5.97 Å². The number of carboxylic acid groups (broad SMARTS) is 1. The molecule has 0 aliphatic heterocycles. The number of aryl methyl sites for hydroxylation is 1. The molecule has 104 valence electrons. The van der Waals surface area contributed by atoms with Crippen LogP contribution in [0.15, 0.2) is 30.5 Å². The minimum absolute atomic E-state index is 0.0909. The topological polar surface area (TPSA) is 72.3 Å².